The topological polar surface area (TPSA) is 83.0 Å². The Kier molecular flexibility index (Phi) is 6.09. The molecule has 28 heavy (non-hydrogen) atoms. The second-order valence-corrected chi connectivity index (χ2v) is 8.83. The minimum Gasteiger partial charge on any atom is -0.411 e. The van der Waals surface area contributed by atoms with Crippen LogP contribution in [0.5, 0.6) is 0 Å². The smallest absolute Gasteiger partial charge is 0.277 e. The van der Waals surface area contributed by atoms with E-state index in [4.69, 9.17) is 4.42 Å². The summed E-state index contributed by atoms with van der Waals surface area (Å²) in [6.45, 7) is 5.91. The van der Waals surface area contributed by atoms with Crippen LogP contribution >= 0.6 is 11.8 Å². The van der Waals surface area contributed by atoms with E-state index in [0.29, 0.717) is 11.1 Å². The van der Waals surface area contributed by atoms with Gasteiger partial charge in [0.2, 0.25) is 11.8 Å². The number of carbonyl (C=O) groups is 1. The summed E-state index contributed by atoms with van der Waals surface area (Å²) in [5.41, 5.74) is 2.53. The standard InChI is InChI=1S/C21H26N4O2S/c1-14-8-9-17(12-15(14)2)18-23-24-20(27-18)28-16(3)19(26)25(4)21(13-22)10-6-5-7-11-21/h8-9,12,16H,5-7,10-11H2,1-4H3/t16-/m1/s1. The molecule has 0 bridgehead atoms. The number of nitrogens with zero attached hydrogens (tertiary/aromatic N) is 4. The molecule has 0 aliphatic heterocycles. The number of thioether (sulfide) groups is 1. The highest BCUT2D eigenvalue weighted by molar-refractivity contribution is 8.00. The van der Waals surface area contributed by atoms with Crippen molar-refractivity contribution in [3.63, 3.8) is 0 Å². The fourth-order valence-electron chi connectivity index (χ4n) is 3.59. The summed E-state index contributed by atoms with van der Waals surface area (Å²) in [5, 5.41) is 17.9. The third-order valence-corrected chi connectivity index (χ3v) is 6.57. The van der Waals surface area contributed by atoms with Gasteiger partial charge in [-0.3, -0.25) is 4.79 Å². The summed E-state index contributed by atoms with van der Waals surface area (Å²) >= 11 is 1.24. The Morgan fingerprint density at radius 3 is 2.61 bits per heavy atom. The van der Waals surface area contributed by atoms with Crippen LogP contribution in [0, 0.1) is 25.2 Å². The van der Waals surface area contributed by atoms with Gasteiger partial charge in [-0.05, 0) is 56.9 Å². The number of nitriles is 1. The van der Waals surface area contributed by atoms with Crippen molar-refractivity contribution >= 4 is 17.7 Å². The highest BCUT2D eigenvalue weighted by Gasteiger charge is 2.40. The second-order valence-electron chi connectivity index (χ2n) is 7.53. The maximum absolute atomic E-state index is 12.9. The van der Waals surface area contributed by atoms with Crippen molar-refractivity contribution in [3.8, 4) is 17.5 Å². The van der Waals surface area contributed by atoms with E-state index in [1.165, 1.54) is 17.3 Å². The Morgan fingerprint density at radius 2 is 1.96 bits per heavy atom. The lowest BCUT2D eigenvalue weighted by molar-refractivity contribution is -0.133. The van der Waals surface area contributed by atoms with Gasteiger partial charge in [0, 0.05) is 12.6 Å². The average Bonchev–Trinajstić information content (AvgIpc) is 3.17. The zero-order valence-electron chi connectivity index (χ0n) is 16.9. The van der Waals surface area contributed by atoms with E-state index in [1.807, 2.05) is 32.0 Å². The minimum atomic E-state index is -0.691. The summed E-state index contributed by atoms with van der Waals surface area (Å²) < 4.78 is 5.77. The van der Waals surface area contributed by atoms with Gasteiger partial charge in [-0.2, -0.15) is 5.26 Å². The maximum atomic E-state index is 12.9. The lowest BCUT2D eigenvalue weighted by Gasteiger charge is -2.39. The monoisotopic (exact) mass is 398 g/mol. The Bertz CT molecular complexity index is 896. The molecule has 148 valence electrons. The SMILES string of the molecule is Cc1ccc(-c2nnc(S[C@H](C)C(=O)N(C)C3(C#N)CCCCC3)o2)cc1C. The summed E-state index contributed by atoms with van der Waals surface area (Å²) in [4.78, 5) is 14.6. The molecule has 0 saturated heterocycles. The first kappa shape index (κ1) is 20.4. The molecule has 1 aliphatic rings. The molecule has 1 aliphatic carbocycles. The summed E-state index contributed by atoms with van der Waals surface area (Å²) in [5.74, 6) is 0.360. The third-order valence-electron chi connectivity index (χ3n) is 5.65. The number of hydrogen-bond acceptors (Lipinski definition) is 6. The first-order valence-corrected chi connectivity index (χ1v) is 10.5. The van der Waals surface area contributed by atoms with Crippen molar-refractivity contribution in [2.75, 3.05) is 7.05 Å². The molecule has 1 atom stereocenters. The van der Waals surface area contributed by atoms with Crippen molar-refractivity contribution in [2.24, 2.45) is 0 Å². The molecule has 0 spiro atoms. The molecule has 7 heteroatoms. The van der Waals surface area contributed by atoms with E-state index in [1.54, 1.807) is 11.9 Å². The van der Waals surface area contributed by atoms with E-state index >= 15 is 0 Å². The van der Waals surface area contributed by atoms with Crippen LogP contribution in [0.3, 0.4) is 0 Å². The van der Waals surface area contributed by atoms with Gasteiger partial charge in [-0.15, -0.1) is 10.2 Å². The van der Waals surface area contributed by atoms with Gasteiger partial charge in [0.05, 0.1) is 11.3 Å². The van der Waals surface area contributed by atoms with E-state index in [9.17, 15) is 10.1 Å². The van der Waals surface area contributed by atoms with Crippen molar-refractivity contribution in [3.05, 3.63) is 29.3 Å². The predicted molar refractivity (Wildman–Crippen MR) is 109 cm³/mol. The molecule has 1 fully saturated rings. The van der Waals surface area contributed by atoms with E-state index in [2.05, 4.69) is 23.2 Å². The Morgan fingerprint density at radius 1 is 1.25 bits per heavy atom. The van der Waals surface area contributed by atoms with Crippen molar-refractivity contribution < 1.29 is 9.21 Å². The number of rotatable bonds is 5. The van der Waals surface area contributed by atoms with Crippen molar-refractivity contribution in [2.45, 2.75) is 68.9 Å². The van der Waals surface area contributed by atoms with Gasteiger partial charge in [0.1, 0.15) is 5.54 Å². The largest absolute Gasteiger partial charge is 0.411 e. The van der Waals surface area contributed by atoms with Crippen LogP contribution < -0.4 is 0 Å². The molecule has 0 unspecified atom stereocenters. The number of benzene rings is 1. The Labute approximate surface area is 170 Å². The quantitative estimate of drug-likeness (QED) is 0.689. The number of aryl methyl sites for hydroxylation is 2. The number of aromatic nitrogens is 2. The molecular weight excluding hydrogens is 372 g/mol. The van der Waals surface area contributed by atoms with Crippen LogP contribution in [-0.4, -0.2) is 38.8 Å². The highest BCUT2D eigenvalue weighted by atomic mass is 32.2. The first-order chi connectivity index (χ1) is 13.4. The van der Waals surface area contributed by atoms with Gasteiger partial charge in [-0.25, -0.2) is 0 Å². The van der Waals surface area contributed by atoms with Gasteiger partial charge >= 0.3 is 0 Å². The fourth-order valence-corrected chi connectivity index (χ4v) is 4.37. The number of carbonyl (C=O) groups excluding carboxylic acids is 1. The van der Waals surface area contributed by atoms with Gasteiger partial charge in [-0.1, -0.05) is 37.1 Å². The molecule has 0 radical (unpaired) electrons. The second kappa shape index (κ2) is 8.36. The lowest BCUT2D eigenvalue weighted by atomic mass is 9.81. The Balaban J connectivity index is 1.70. The van der Waals surface area contributed by atoms with Crippen LogP contribution in [0.25, 0.3) is 11.5 Å². The van der Waals surface area contributed by atoms with Crippen molar-refractivity contribution in [1.29, 1.82) is 5.26 Å². The number of hydrogen-bond donors (Lipinski definition) is 0. The molecule has 6 nitrogen and oxygen atoms in total. The average molecular weight is 399 g/mol. The first-order valence-electron chi connectivity index (χ1n) is 9.63. The number of amides is 1. The normalized spacial score (nSPS) is 17.0. The zero-order chi connectivity index (χ0) is 20.3. The van der Waals surface area contributed by atoms with Gasteiger partial charge in [0.15, 0.2) is 0 Å². The molecule has 1 aromatic carbocycles. The molecule has 1 heterocycles. The van der Waals surface area contributed by atoms with Crippen LogP contribution in [0.4, 0.5) is 0 Å². The molecule has 2 aromatic rings. The van der Waals surface area contributed by atoms with Crippen LogP contribution in [0.15, 0.2) is 27.8 Å². The fraction of sp³-hybridized carbons (Fsp3) is 0.524. The minimum absolute atomic E-state index is 0.0839. The highest BCUT2D eigenvalue weighted by Crippen LogP contribution is 2.35. The van der Waals surface area contributed by atoms with E-state index in [0.717, 1.165) is 43.2 Å². The zero-order valence-corrected chi connectivity index (χ0v) is 17.7. The van der Waals surface area contributed by atoms with E-state index in [-0.39, 0.29) is 5.91 Å². The lowest BCUT2D eigenvalue weighted by Crippen LogP contribution is -2.52. The molecular formula is C21H26N4O2S. The summed E-state index contributed by atoms with van der Waals surface area (Å²) in [6.07, 6.45) is 4.56. The van der Waals surface area contributed by atoms with Crippen LogP contribution in [0.2, 0.25) is 0 Å². The predicted octanol–water partition coefficient (Wildman–Crippen LogP) is 4.52. The molecule has 1 aromatic heterocycles. The summed E-state index contributed by atoms with van der Waals surface area (Å²) in [7, 11) is 1.74. The Hall–Kier alpha value is -2.33. The molecule has 1 saturated carbocycles. The van der Waals surface area contributed by atoms with Crippen LogP contribution in [0.1, 0.15) is 50.2 Å². The maximum Gasteiger partial charge on any atom is 0.277 e. The van der Waals surface area contributed by atoms with Crippen LogP contribution in [-0.2, 0) is 4.79 Å². The molecule has 1 amide bonds. The third kappa shape index (κ3) is 4.07. The summed E-state index contributed by atoms with van der Waals surface area (Å²) in [6, 6.07) is 8.38. The molecule has 0 N–H and O–H groups in total. The van der Waals surface area contributed by atoms with Crippen molar-refractivity contribution in [1.82, 2.24) is 15.1 Å². The van der Waals surface area contributed by atoms with E-state index < -0.39 is 10.8 Å². The van der Waals surface area contributed by atoms with Gasteiger partial charge < -0.3 is 9.32 Å². The van der Waals surface area contributed by atoms with Gasteiger partial charge in [0.25, 0.3) is 5.22 Å². The molecule has 3 rings (SSSR count).